The zero-order valence-electron chi connectivity index (χ0n) is 9.15. The lowest BCUT2D eigenvalue weighted by atomic mass is 10.0. The van der Waals surface area contributed by atoms with Crippen molar-refractivity contribution in [2.75, 3.05) is 7.11 Å². The molecular weight excluding hydrogens is 204 g/mol. The minimum Gasteiger partial charge on any atom is -0.507 e. The first-order valence-electron chi connectivity index (χ1n) is 4.94. The summed E-state index contributed by atoms with van der Waals surface area (Å²) in [6.45, 7) is 1.96. The van der Waals surface area contributed by atoms with Gasteiger partial charge in [0.25, 0.3) is 0 Å². The van der Waals surface area contributed by atoms with Gasteiger partial charge in [0.05, 0.1) is 12.7 Å². The maximum Gasteiger partial charge on any atom is 0.337 e. The van der Waals surface area contributed by atoms with Gasteiger partial charge in [-0.25, -0.2) is 4.79 Å². The first kappa shape index (κ1) is 10.5. The third-order valence-electron chi connectivity index (χ3n) is 2.63. The number of hydrogen-bond acceptors (Lipinski definition) is 3. The van der Waals surface area contributed by atoms with Crippen molar-refractivity contribution in [1.82, 2.24) is 0 Å². The van der Waals surface area contributed by atoms with Crippen molar-refractivity contribution in [2.45, 2.75) is 6.92 Å². The van der Waals surface area contributed by atoms with E-state index in [1.54, 1.807) is 18.2 Å². The smallest absolute Gasteiger partial charge is 0.337 e. The Kier molecular flexibility index (Phi) is 2.52. The number of aromatic hydroxyl groups is 1. The molecule has 16 heavy (non-hydrogen) atoms. The van der Waals surface area contributed by atoms with Crippen LogP contribution in [0.3, 0.4) is 0 Å². The highest BCUT2D eigenvalue weighted by molar-refractivity contribution is 5.98. The molecule has 0 aliphatic heterocycles. The predicted octanol–water partition coefficient (Wildman–Crippen LogP) is 2.64. The van der Waals surface area contributed by atoms with Gasteiger partial charge in [-0.1, -0.05) is 12.1 Å². The molecule has 0 fully saturated rings. The number of phenolic OH excluding ortho intramolecular Hbond substituents is 1. The lowest BCUT2D eigenvalue weighted by Crippen LogP contribution is -2.00. The Balaban J connectivity index is 2.70. The van der Waals surface area contributed by atoms with Gasteiger partial charge in [0.2, 0.25) is 0 Å². The average molecular weight is 216 g/mol. The van der Waals surface area contributed by atoms with Gasteiger partial charge >= 0.3 is 5.97 Å². The fraction of sp³-hybridized carbons (Fsp3) is 0.154. The standard InChI is InChI=1S/C13H12O3/c1-8-3-6-12(14)11-7-9(13(15)16-2)4-5-10(8)11/h3-7,14H,1-2H3. The number of methoxy groups -OCH3 is 1. The van der Waals surface area contributed by atoms with E-state index in [1.807, 2.05) is 19.1 Å². The van der Waals surface area contributed by atoms with E-state index < -0.39 is 5.97 Å². The average Bonchev–Trinajstić information content (AvgIpc) is 2.32. The Labute approximate surface area is 93.3 Å². The largest absolute Gasteiger partial charge is 0.507 e. The minimum absolute atomic E-state index is 0.173. The number of ether oxygens (including phenoxy) is 1. The second-order valence-electron chi connectivity index (χ2n) is 3.65. The van der Waals surface area contributed by atoms with Gasteiger partial charge < -0.3 is 9.84 Å². The van der Waals surface area contributed by atoms with Crippen molar-refractivity contribution in [3.05, 3.63) is 41.5 Å². The van der Waals surface area contributed by atoms with Gasteiger partial charge in [0.1, 0.15) is 5.75 Å². The number of carbonyl (C=O) groups excluding carboxylic acids is 1. The second kappa shape index (κ2) is 3.85. The van der Waals surface area contributed by atoms with Gasteiger partial charge in [-0.15, -0.1) is 0 Å². The number of benzene rings is 2. The molecule has 1 N–H and O–H groups in total. The zero-order chi connectivity index (χ0) is 11.7. The SMILES string of the molecule is COC(=O)c1ccc2c(C)ccc(O)c2c1. The summed E-state index contributed by atoms with van der Waals surface area (Å²) in [7, 11) is 1.34. The van der Waals surface area contributed by atoms with Crippen LogP contribution < -0.4 is 0 Å². The number of fused-ring (bicyclic) bond motifs is 1. The lowest BCUT2D eigenvalue weighted by molar-refractivity contribution is 0.0601. The van der Waals surface area contributed by atoms with Crippen molar-refractivity contribution in [3.63, 3.8) is 0 Å². The highest BCUT2D eigenvalue weighted by atomic mass is 16.5. The lowest BCUT2D eigenvalue weighted by Gasteiger charge is -2.06. The summed E-state index contributed by atoms with van der Waals surface area (Å²) in [5.74, 6) is -0.228. The van der Waals surface area contributed by atoms with Crippen molar-refractivity contribution in [2.24, 2.45) is 0 Å². The topological polar surface area (TPSA) is 46.5 Å². The van der Waals surface area contributed by atoms with E-state index in [-0.39, 0.29) is 5.75 Å². The molecule has 0 aromatic heterocycles. The first-order valence-corrected chi connectivity index (χ1v) is 4.94. The Morgan fingerprint density at radius 3 is 2.62 bits per heavy atom. The number of aryl methyl sites for hydroxylation is 1. The first-order chi connectivity index (χ1) is 7.63. The predicted molar refractivity (Wildman–Crippen MR) is 61.7 cm³/mol. The second-order valence-corrected chi connectivity index (χ2v) is 3.65. The van der Waals surface area contributed by atoms with Crippen molar-refractivity contribution < 1.29 is 14.6 Å². The Hall–Kier alpha value is -2.03. The fourth-order valence-electron chi connectivity index (χ4n) is 1.73. The Bertz CT molecular complexity index is 558. The Morgan fingerprint density at radius 2 is 1.94 bits per heavy atom. The van der Waals surface area contributed by atoms with Crippen molar-refractivity contribution >= 4 is 16.7 Å². The molecule has 2 aromatic carbocycles. The molecule has 0 atom stereocenters. The van der Waals surface area contributed by atoms with Gasteiger partial charge in [-0.05, 0) is 36.1 Å². The molecule has 0 unspecified atom stereocenters. The van der Waals surface area contributed by atoms with Gasteiger partial charge in [0, 0.05) is 5.39 Å². The maximum atomic E-state index is 11.3. The summed E-state index contributed by atoms with van der Waals surface area (Å²) in [4.78, 5) is 11.3. The van der Waals surface area contributed by atoms with Crippen LogP contribution in [0.25, 0.3) is 10.8 Å². The van der Waals surface area contributed by atoms with Crippen LogP contribution in [0, 0.1) is 6.92 Å². The number of carbonyl (C=O) groups is 1. The van der Waals surface area contributed by atoms with Crippen LogP contribution >= 0.6 is 0 Å². The van der Waals surface area contributed by atoms with Gasteiger partial charge in [-0.3, -0.25) is 0 Å². The van der Waals surface area contributed by atoms with E-state index >= 15 is 0 Å². The van der Waals surface area contributed by atoms with E-state index in [0.29, 0.717) is 10.9 Å². The molecule has 0 spiro atoms. The summed E-state index contributed by atoms with van der Waals surface area (Å²) in [5, 5.41) is 11.3. The quantitative estimate of drug-likeness (QED) is 0.745. The molecule has 0 saturated heterocycles. The number of hydrogen-bond donors (Lipinski definition) is 1. The summed E-state index contributed by atoms with van der Waals surface area (Å²) in [6, 6.07) is 8.62. The normalized spacial score (nSPS) is 10.4. The van der Waals surface area contributed by atoms with Crippen LogP contribution in [0.2, 0.25) is 0 Å². The highest BCUT2D eigenvalue weighted by Crippen LogP contribution is 2.28. The molecule has 0 heterocycles. The van der Waals surface area contributed by atoms with Crippen LogP contribution in [0.15, 0.2) is 30.3 Å². The molecule has 2 aromatic rings. The number of phenols is 1. The molecule has 0 aliphatic carbocycles. The number of esters is 1. The van der Waals surface area contributed by atoms with E-state index in [1.165, 1.54) is 7.11 Å². The number of rotatable bonds is 1. The van der Waals surface area contributed by atoms with Gasteiger partial charge in [-0.2, -0.15) is 0 Å². The van der Waals surface area contributed by atoms with E-state index in [9.17, 15) is 9.90 Å². The monoisotopic (exact) mass is 216 g/mol. The molecule has 82 valence electrons. The van der Waals surface area contributed by atoms with Crippen LogP contribution in [0.4, 0.5) is 0 Å². The van der Waals surface area contributed by atoms with Crippen molar-refractivity contribution in [1.29, 1.82) is 0 Å². The van der Waals surface area contributed by atoms with E-state index in [2.05, 4.69) is 4.74 Å². The summed E-state index contributed by atoms with van der Waals surface area (Å²) < 4.78 is 4.63. The molecule has 2 rings (SSSR count). The third-order valence-corrected chi connectivity index (χ3v) is 2.63. The molecular formula is C13H12O3. The molecule has 0 radical (unpaired) electrons. The van der Waals surface area contributed by atoms with Gasteiger partial charge in [0.15, 0.2) is 0 Å². The van der Waals surface area contributed by atoms with Crippen LogP contribution in [0.5, 0.6) is 5.75 Å². The zero-order valence-corrected chi connectivity index (χ0v) is 9.15. The molecule has 0 bridgehead atoms. The third kappa shape index (κ3) is 1.60. The minimum atomic E-state index is -0.400. The molecule has 0 saturated carbocycles. The molecule has 0 aliphatic rings. The van der Waals surface area contributed by atoms with Crippen LogP contribution in [0.1, 0.15) is 15.9 Å². The molecule has 3 nitrogen and oxygen atoms in total. The van der Waals surface area contributed by atoms with E-state index in [4.69, 9.17) is 0 Å². The molecule has 0 amide bonds. The van der Waals surface area contributed by atoms with Crippen LogP contribution in [-0.2, 0) is 4.74 Å². The summed E-state index contributed by atoms with van der Waals surface area (Å²) >= 11 is 0. The molecule has 3 heteroatoms. The highest BCUT2D eigenvalue weighted by Gasteiger charge is 2.08. The summed E-state index contributed by atoms with van der Waals surface area (Å²) in [5.41, 5.74) is 1.50. The Morgan fingerprint density at radius 1 is 1.19 bits per heavy atom. The maximum absolute atomic E-state index is 11.3. The fourth-order valence-corrected chi connectivity index (χ4v) is 1.73. The summed E-state index contributed by atoms with van der Waals surface area (Å²) in [6.07, 6.45) is 0. The van der Waals surface area contributed by atoms with Crippen molar-refractivity contribution in [3.8, 4) is 5.75 Å². The van der Waals surface area contributed by atoms with Crippen LogP contribution in [-0.4, -0.2) is 18.2 Å². The van der Waals surface area contributed by atoms with E-state index in [0.717, 1.165) is 10.9 Å².